The summed E-state index contributed by atoms with van der Waals surface area (Å²) in [7, 11) is 0. The van der Waals surface area contributed by atoms with Gasteiger partial charge in [0.15, 0.2) is 0 Å². The van der Waals surface area contributed by atoms with Crippen LogP contribution in [-0.4, -0.2) is 44.1 Å². The van der Waals surface area contributed by atoms with Gasteiger partial charge in [0.1, 0.15) is 0 Å². The van der Waals surface area contributed by atoms with E-state index in [0.29, 0.717) is 30.4 Å². The molecule has 0 aliphatic heterocycles. The zero-order chi connectivity index (χ0) is 23.2. The molecule has 6 nitrogen and oxygen atoms in total. The second kappa shape index (κ2) is 14.3. The molecule has 0 saturated heterocycles. The lowest BCUT2D eigenvalue weighted by molar-refractivity contribution is -0.0695. The van der Waals surface area contributed by atoms with E-state index in [4.69, 9.17) is 10.2 Å². The molecule has 0 amide bonds. The lowest BCUT2D eigenvalue weighted by Crippen LogP contribution is -2.41. The van der Waals surface area contributed by atoms with Gasteiger partial charge in [-0.2, -0.15) is 0 Å². The maximum Gasteiger partial charge on any atom is 0.335 e. The Hall–Kier alpha value is -2.70. The monoisotopic (exact) mass is 418 g/mol. The Kier molecular flexibility index (Phi) is 13.0. The number of aliphatic hydroxyl groups is 2. The molecule has 0 heterocycles. The van der Waals surface area contributed by atoms with Gasteiger partial charge in [-0.15, -0.1) is 0 Å². The van der Waals surface area contributed by atoms with Gasteiger partial charge in [0.25, 0.3) is 0 Å². The third-order valence-electron chi connectivity index (χ3n) is 5.11. The van der Waals surface area contributed by atoms with Gasteiger partial charge in [-0.3, -0.25) is 0 Å². The average molecular weight is 419 g/mol. The second-order valence-electron chi connectivity index (χ2n) is 6.92. The minimum absolute atomic E-state index is 0.0301. The van der Waals surface area contributed by atoms with Crippen LogP contribution in [0.25, 0.3) is 0 Å². The van der Waals surface area contributed by atoms with E-state index in [-0.39, 0.29) is 12.0 Å². The summed E-state index contributed by atoms with van der Waals surface area (Å²) in [4.78, 5) is 20.4. The Balaban J connectivity index is 0.000000426. The quantitative estimate of drug-likeness (QED) is 0.517. The number of carboxylic acids is 2. The molecule has 0 aliphatic rings. The smallest absolute Gasteiger partial charge is 0.335 e. The minimum atomic E-state index is -0.879. The van der Waals surface area contributed by atoms with Crippen molar-refractivity contribution in [1.29, 1.82) is 0 Å². The number of aromatic carboxylic acids is 2. The molecular weight excluding hydrogens is 384 g/mol. The first-order valence-electron chi connectivity index (χ1n) is 10.1. The summed E-state index contributed by atoms with van der Waals surface area (Å²) in [5.74, 6) is -1.79. The Bertz CT molecular complexity index is 676. The fourth-order valence-electron chi connectivity index (χ4n) is 2.77. The molecule has 166 valence electrons. The number of hydrogen-bond acceptors (Lipinski definition) is 4. The summed E-state index contributed by atoms with van der Waals surface area (Å²) in [6.07, 6.45) is 1.75. The van der Waals surface area contributed by atoms with Crippen molar-refractivity contribution in [2.45, 2.75) is 58.7 Å². The van der Waals surface area contributed by atoms with Crippen molar-refractivity contribution in [3.63, 3.8) is 0 Å². The van der Waals surface area contributed by atoms with Crippen LogP contribution in [0, 0.1) is 5.92 Å². The van der Waals surface area contributed by atoms with Gasteiger partial charge in [-0.25, -0.2) is 9.59 Å². The summed E-state index contributed by atoms with van der Waals surface area (Å²) >= 11 is 0. The molecule has 2 rings (SSSR count). The van der Waals surface area contributed by atoms with Crippen LogP contribution >= 0.6 is 0 Å². The molecule has 0 radical (unpaired) electrons. The number of carboxylic acid groups (broad SMARTS) is 2. The highest BCUT2D eigenvalue weighted by atomic mass is 16.4. The van der Waals surface area contributed by atoms with Gasteiger partial charge in [-0.05, 0) is 43.5 Å². The molecule has 0 fully saturated rings. The van der Waals surface area contributed by atoms with Crippen LogP contribution in [0.2, 0.25) is 0 Å². The van der Waals surface area contributed by atoms with Crippen LogP contribution in [-0.2, 0) is 0 Å². The molecule has 2 atom stereocenters. The Morgan fingerprint density at radius 1 is 0.800 bits per heavy atom. The molecule has 0 aliphatic carbocycles. The van der Waals surface area contributed by atoms with Gasteiger partial charge in [-0.1, -0.05) is 64.1 Å². The van der Waals surface area contributed by atoms with E-state index in [9.17, 15) is 19.8 Å². The van der Waals surface area contributed by atoms with Crippen LogP contribution in [0.3, 0.4) is 0 Å². The van der Waals surface area contributed by atoms with E-state index in [1.807, 2.05) is 27.7 Å². The topological polar surface area (TPSA) is 115 Å². The summed E-state index contributed by atoms with van der Waals surface area (Å²) in [5, 5.41) is 36.4. The Morgan fingerprint density at radius 2 is 1.13 bits per heavy atom. The highest BCUT2D eigenvalue weighted by Gasteiger charge is 2.33. The zero-order valence-corrected chi connectivity index (χ0v) is 18.2. The fraction of sp³-hybridized carbons (Fsp3) is 0.417. The van der Waals surface area contributed by atoms with Crippen LogP contribution in [0.4, 0.5) is 0 Å². The van der Waals surface area contributed by atoms with Crippen LogP contribution in [0.5, 0.6) is 0 Å². The normalized spacial score (nSPS) is 12.3. The minimum Gasteiger partial charge on any atom is -0.478 e. The third-order valence-corrected chi connectivity index (χ3v) is 5.11. The first kappa shape index (κ1) is 27.3. The Morgan fingerprint density at radius 3 is 1.33 bits per heavy atom. The third kappa shape index (κ3) is 9.67. The standard InChI is InChI=1S/C10H22O2.2C7H6O2/c1-5-9(11)8(4)10(12,6-2)7-3;2*8-7(9)6-4-2-1-3-5-6/h8-9,11-12H,5-7H2,1-4H3;2*1-5H,(H,8,9). The van der Waals surface area contributed by atoms with E-state index >= 15 is 0 Å². The first-order valence-corrected chi connectivity index (χ1v) is 10.1. The Labute approximate surface area is 178 Å². The molecular formula is C24H34O6. The van der Waals surface area contributed by atoms with Crippen LogP contribution in [0.15, 0.2) is 60.7 Å². The van der Waals surface area contributed by atoms with Crippen molar-refractivity contribution in [1.82, 2.24) is 0 Å². The molecule has 0 saturated carbocycles. The molecule has 2 aromatic rings. The average Bonchev–Trinajstić information content (AvgIpc) is 2.79. The summed E-state index contributed by atoms with van der Waals surface area (Å²) in [6, 6.07) is 16.6. The molecule has 6 heteroatoms. The highest BCUT2D eigenvalue weighted by Crippen LogP contribution is 2.28. The van der Waals surface area contributed by atoms with Gasteiger partial charge < -0.3 is 20.4 Å². The van der Waals surface area contributed by atoms with Gasteiger partial charge in [0.05, 0.1) is 22.8 Å². The van der Waals surface area contributed by atoms with Gasteiger partial charge in [0, 0.05) is 5.92 Å². The number of benzene rings is 2. The van der Waals surface area contributed by atoms with Crippen molar-refractivity contribution >= 4 is 11.9 Å². The number of hydrogen-bond donors (Lipinski definition) is 4. The van der Waals surface area contributed by atoms with E-state index in [2.05, 4.69) is 0 Å². The van der Waals surface area contributed by atoms with E-state index in [1.54, 1.807) is 60.7 Å². The number of carbonyl (C=O) groups is 2. The van der Waals surface area contributed by atoms with Crippen molar-refractivity contribution in [2.75, 3.05) is 0 Å². The maximum atomic E-state index is 10.2. The van der Waals surface area contributed by atoms with Crippen molar-refractivity contribution < 1.29 is 30.0 Å². The molecule has 0 spiro atoms. The van der Waals surface area contributed by atoms with Crippen molar-refractivity contribution in [2.24, 2.45) is 5.92 Å². The summed E-state index contributed by atoms with van der Waals surface area (Å²) in [6.45, 7) is 7.78. The molecule has 0 bridgehead atoms. The second-order valence-corrected chi connectivity index (χ2v) is 6.92. The lowest BCUT2D eigenvalue weighted by atomic mass is 9.80. The lowest BCUT2D eigenvalue weighted by Gasteiger charge is -2.35. The SMILES string of the molecule is CCC(O)C(C)C(O)(CC)CC.O=C(O)c1ccccc1.O=C(O)c1ccccc1. The van der Waals surface area contributed by atoms with E-state index < -0.39 is 17.5 Å². The predicted molar refractivity (Wildman–Crippen MR) is 118 cm³/mol. The van der Waals surface area contributed by atoms with Gasteiger partial charge in [0.2, 0.25) is 0 Å². The molecule has 30 heavy (non-hydrogen) atoms. The first-order chi connectivity index (χ1) is 14.1. The zero-order valence-electron chi connectivity index (χ0n) is 18.2. The number of aliphatic hydroxyl groups excluding tert-OH is 1. The maximum absolute atomic E-state index is 10.2. The van der Waals surface area contributed by atoms with Gasteiger partial charge >= 0.3 is 11.9 Å². The number of rotatable bonds is 7. The highest BCUT2D eigenvalue weighted by molar-refractivity contribution is 5.87. The summed E-state index contributed by atoms with van der Waals surface area (Å²) < 4.78 is 0. The fourth-order valence-corrected chi connectivity index (χ4v) is 2.77. The summed E-state index contributed by atoms with van der Waals surface area (Å²) in [5.41, 5.74) is -0.0231. The largest absolute Gasteiger partial charge is 0.478 e. The molecule has 0 aromatic heterocycles. The molecule has 4 N–H and O–H groups in total. The molecule has 2 unspecified atom stereocenters. The molecule has 2 aromatic carbocycles. The van der Waals surface area contributed by atoms with E-state index in [1.165, 1.54) is 0 Å². The van der Waals surface area contributed by atoms with Crippen molar-refractivity contribution in [3.05, 3.63) is 71.8 Å². The van der Waals surface area contributed by atoms with Crippen LogP contribution < -0.4 is 0 Å². The van der Waals surface area contributed by atoms with E-state index in [0.717, 1.165) is 0 Å². The van der Waals surface area contributed by atoms with Crippen LogP contribution in [0.1, 0.15) is 67.7 Å². The predicted octanol–water partition coefficient (Wildman–Crippen LogP) is 4.71. The van der Waals surface area contributed by atoms with Crippen molar-refractivity contribution in [3.8, 4) is 0 Å².